The smallest absolute Gasteiger partial charge is 0.261 e. The molecule has 96 valence electrons. The maximum absolute atomic E-state index is 11.9. The molecule has 0 fully saturated rings. The Morgan fingerprint density at radius 2 is 2.28 bits per heavy atom. The van der Waals surface area contributed by atoms with Gasteiger partial charge in [-0.05, 0) is 19.9 Å². The van der Waals surface area contributed by atoms with Gasteiger partial charge in [-0.3, -0.25) is 9.48 Å². The minimum atomic E-state index is -0.0667. The lowest BCUT2D eigenvalue weighted by molar-refractivity contribution is 0.0955. The molecule has 0 radical (unpaired) electrons. The number of hydrogen-bond acceptors (Lipinski definition) is 4. The predicted molar refractivity (Wildman–Crippen MR) is 75.4 cm³/mol. The standard InChI is InChI=1S/C12H15N3OS2/c1-7-10(8(2)15(3)14-7)5-13-12(16)11-4-9(17)6-18-11/h4,6,17H,5H2,1-3H3,(H,13,16). The molecule has 2 rings (SSSR count). The molecule has 6 heteroatoms. The molecular weight excluding hydrogens is 266 g/mol. The summed E-state index contributed by atoms with van der Waals surface area (Å²) in [6.07, 6.45) is 0. The molecule has 1 amide bonds. The van der Waals surface area contributed by atoms with Crippen molar-refractivity contribution in [3.63, 3.8) is 0 Å². The maximum Gasteiger partial charge on any atom is 0.261 e. The van der Waals surface area contributed by atoms with Crippen molar-refractivity contribution < 1.29 is 4.79 Å². The molecule has 4 nitrogen and oxygen atoms in total. The fraction of sp³-hybridized carbons (Fsp3) is 0.333. The van der Waals surface area contributed by atoms with E-state index in [-0.39, 0.29) is 5.91 Å². The first-order valence-corrected chi connectivity index (χ1v) is 6.86. The zero-order chi connectivity index (χ0) is 13.3. The van der Waals surface area contributed by atoms with Gasteiger partial charge in [0.1, 0.15) is 0 Å². The van der Waals surface area contributed by atoms with Gasteiger partial charge in [-0.2, -0.15) is 5.10 Å². The van der Waals surface area contributed by atoms with Gasteiger partial charge in [0.15, 0.2) is 0 Å². The van der Waals surface area contributed by atoms with Gasteiger partial charge in [0.25, 0.3) is 5.91 Å². The van der Waals surface area contributed by atoms with Crippen molar-refractivity contribution in [1.82, 2.24) is 15.1 Å². The summed E-state index contributed by atoms with van der Waals surface area (Å²) < 4.78 is 1.83. The number of thiol groups is 1. The summed E-state index contributed by atoms with van der Waals surface area (Å²) in [4.78, 5) is 13.4. The van der Waals surface area contributed by atoms with E-state index in [0.717, 1.165) is 21.8 Å². The lowest BCUT2D eigenvalue weighted by atomic mass is 10.2. The Morgan fingerprint density at radius 1 is 1.56 bits per heavy atom. The third-order valence-corrected chi connectivity index (χ3v) is 4.26. The second-order valence-corrected chi connectivity index (χ2v) is 5.55. The van der Waals surface area contributed by atoms with E-state index < -0.39 is 0 Å². The first-order chi connectivity index (χ1) is 8.49. The Labute approximate surface area is 115 Å². The highest BCUT2D eigenvalue weighted by Crippen LogP contribution is 2.18. The molecule has 0 saturated heterocycles. The van der Waals surface area contributed by atoms with Gasteiger partial charge in [0, 0.05) is 35.1 Å². The zero-order valence-electron chi connectivity index (χ0n) is 10.5. The number of rotatable bonds is 3. The number of amides is 1. The van der Waals surface area contributed by atoms with E-state index in [9.17, 15) is 4.79 Å². The summed E-state index contributed by atoms with van der Waals surface area (Å²) in [6, 6.07) is 1.77. The van der Waals surface area contributed by atoms with Crippen LogP contribution in [0.4, 0.5) is 0 Å². The Kier molecular flexibility index (Phi) is 3.77. The fourth-order valence-corrected chi connectivity index (χ4v) is 2.84. The molecule has 0 atom stereocenters. The lowest BCUT2D eigenvalue weighted by Gasteiger charge is -2.04. The van der Waals surface area contributed by atoms with Crippen molar-refractivity contribution in [2.45, 2.75) is 25.3 Å². The Hall–Kier alpha value is -1.27. The highest BCUT2D eigenvalue weighted by molar-refractivity contribution is 7.80. The topological polar surface area (TPSA) is 46.9 Å². The van der Waals surface area contributed by atoms with Gasteiger partial charge in [-0.15, -0.1) is 24.0 Å². The van der Waals surface area contributed by atoms with Gasteiger partial charge in [0.05, 0.1) is 10.6 Å². The fourth-order valence-electron chi connectivity index (χ4n) is 1.77. The van der Waals surface area contributed by atoms with Crippen LogP contribution in [-0.2, 0) is 13.6 Å². The van der Waals surface area contributed by atoms with Crippen LogP contribution in [0, 0.1) is 13.8 Å². The van der Waals surface area contributed by atoms with Crippen LogP contribution in [0.15, 0.2) is 16.3 Å². The van der Waals surface area contributed by atoms with Crippen molar-refractivity contribution in [3.8, 4) is 0 Å². The number of thiophene rings is 1. The first kappa shape index (κ1) is 13.2. The summed E-state index contributed by atoms with van der Waals surface area (Å²) in [5.74, 6) is -0.0667. The molecule has 0 aliphatic heterocycles. The van der Waals surface area contributed by atoms with E-state index in [1.165, 1.54) is 11.3 Å². The molecule has 2 aromatic rings. The number of carbonyl (C=O) groups is 1. The monoisotopic (exact) mass is 281 g/mol. The first-order valence-electron chi connectivity index (χ1n) is 5.54. The van der Waals surface area contributed by atoms with Crippen molar-refractivity contribution in [1.29, 1.82) is 0 Å². The number of aromatic nitrogens is 2. The van der Waals surface area contributed by atoms with Crippen LogP contribution < -0.4 is 5.32 Å². The van der Waals surface area contributed by atoms with E-state index in [1.54, 1.807) is 6.07 Å². The third kappa shape index (κ3) is 2.59. The SMILES string of the molecule is Cc1nn(C)c(C)c1CNC(=O)c1cc(S)cs1. The molecule has 0 bridgehead atoms. The number of hydrogen-bond donors (Lipinski definition) is 2. The summed E-state index contributed by atoms with van der Waals surface area (Å²) in [6.45, 7) is 4.45. The summed E-state index contributed by atoms with van der Waals surface area (Å²) >= 11 is 5.59. The van der Waals surface area contributed by atoms with E-state index in [0.29, 0.717) is 11.4 Å². The average Bonchev–Trinajstić information content (AvgIpc) is 2.83. The van der Waals surface area contributed by atoms with Gasteiger partial charge in [-0.1, -0.05) is 0 Å². The summed E-state index contributed by atoms with van der Waals surface area (Å²) in [7, 11) is 1.90. The Bertz CT molecular complexity index is 586. The Morgan fingerprint density at radius 3 is 2.78 bits per heavy atom. The van der Waals surface area contributed by atoms with Gasteiger partial charge in [-0.25, -0.2) is 0 Å². The Balaban J connectivity index is 2.06. The van der Waals surface area contributed by atoms with Crippen LogP contribution >= 0.6 is 24.0 Å². The predicted octanol–water partition coefficient (Wildman–Crippen LogP) is 2.32. The van der Waals surface area contributed by atoms with Crippen LogP contribution in [0.2, 0.25) is 0 Å². The zero-order valence-corrected chi connectivity index (χ0v) is 12.2. The average molecular weight is 281 g/mol. The van der Waals surface area contributed by atoms with E-state index in [1.807, 2.05) is 31.0 Å². The molecule has 0 saturated carbocycles. The molecule has 0 aromatic carbocycles. The van der Waals surface area contributed by atoms with Gasteiger partial charge >= 0.3 is 0 Å². The number of carbonyl (C=O) groups excluding carboxylic acids is 1. The summed E-state index contributed by atoms with van der Waals surface area (Å²) in [5, 5.41) is 9.07. The molecule has 2 aromatic heterocycles. The molecule has 0 aliphatic rings. The molecule has 0 spiro atoms. The van der Waals surface area contributed by atoms with Gasteiger partial charge < -0.3 is 5.32 Å². The minimum absolute atomic E-state index is 0.0667. The van der Waals surface area contributed by atoms with Crippen LogP contribution in [0.25, 0.3) is 0 Å². The quantitative estimate of drug-likeness (QED) is 0.848. The lowest BCUT2D eigenvalue weighted by Crippen LogP contribution is -2.22. The highest BCUT2D eigenvalue weighted by Gasteiger charge is 2.12. The number of nitrogens with zero attached hydrogens (tertiary/aromatic N) is 2. The molecule has 0 aliphatic carbocycles. The normalized spacial score (nSPS) is 10.7. The number of nitrogens with one attached hydrogen (secondary N) is 1. The van der Waals surface area contributed by atoms with E-state index in [2.05, 4.69) is 23.0 Å². The largest absolute Gasteiger partial charge is 0.347 e. The van der Waals surface area contributed by atoms with Crippen molar-refractivity contribution in [2.24, 2.45) is 7.05 Å². The second kappa shape index (κ2) is 5.16. The minimum Gasteiger partial charge on any atom is -0.347 e. The van der Waals surface area contributed by atoms with E-state index >= 15 is 0 Å². The van der Waals surface area contributed by atoms with Crippen molar-refractivity contribution >= 4 is 29.9 Å². The van der Waals surface area contributed by atoms with Crippen molar-refractivity contribution in [2.75, 3.05) is 0 Å². The van der Waals surface area contributed by atoms with Gasteiger partial charge in [0.2, 0.25) is 0 Å². The molecule has 2 heterocycles. The van der Waals surface area contributed by atoms with Crippen LogP contribution in [0.3, 0.4) is 0 Å². The van der Waals surface area contributed by atoms with Crippen molar-refractivity contribution in [3.05, 3.63) is 33.3 Å². The van der Waals surface area contributed by atoms with Crippen LogP contribution in [0.5, 0.6) is 0 Å². The maximum atomic E-state index is 11.9. The van der Waals surface area contributed by atoms with E-state index in [4.69, 9.17) is 0 Å². The highest BCUT2D eigenvalue weighted by atomic mass is 32.1. The second-order valence-electron chi connectivity index (χ2n) is 4.12. The number of aryl methyl sites for hydroxylation is 2. The molecule has 18 heavy (non-hydrogen) atoms. The van der Waals surface area contributed by atoms with Crippen LogP contribution in [0.1, 0.15) is 26.6 Å². The molecule has 0 unspecified atom stereocenters. The summed E-state index contributed by atoms with van der Waals surface area (Å²) in [5.41, 5.74) is 3.11. The third-order valence-electron chi connectivity index (χ3n) is 2.89. The molecule has 1 N–H and O–H groups in total. The van der Waals surface area contributed by atoms with Crippen LogP contribution in [-0.4, -0.2) is 15.7 Å². The molecular formula is C12H15N3OS2.